The van der Waals surface area contributed by atoms with Crippen LogP contribution in [0.1, 0.15) is 23.1 Å². The summed E-state index contributed by atoms with van der Waals surface area (Å²) >= 11 is 4.04. The third-order valence-electron chi connectivity index (χ3n) is 2.58. The van der Waals surface area contributed by atoms with Gasteiger partial charge in [-0.15, -0.1) is 0 Å². The lowest BCUT2D eigenvalue weighted by Gasteiger charge is -2.14. The van der Waals surface area contributed by atoms with E-state index in [4.69, 9.17) is 0 Å². The molecule has 0 amide bonds. The van der Waals surface area contributed by atoms with E-state index in [1.807, 2.05) is 12.1 Å². The molecule has 2 heteroatoms. The minimum absolute atomic E-state index is 0.344. The van der Waals surface area contributed by atoms with E-state index in [2.05, 4.69) is 30.5 Å². The fraction of sp³-hybridized carbons (Fsp3) is 0.308. The van der Waals surface area contributed by atoms with Gasteiger partial charge in [-0.1, -0.05) is 17.9 Å². The smallest absolute Gasteiger partial charge is 0.137 e. The van der Waals surface area contributed by atoms with E-state index in [0.29, 0.717) is 24.4 Å². The molecule has 1 aliphatic carbocycles. The van der Waals surface area contributed by atoms with Crippen molar-refractivity contribution < 1.29 is 4.79 Å². The Labute approximate surface area is 95.3 Å². The zero-order chi connectivity index (χ0) is 10.7. The fourth-order valence-electron chi connectivity index (χ4n) is 1.83. The molecule has 0 heterocycles. The number of carbonyl (C=O) groups excluding carboxylic acids is 1. The van der Waals surface area contributed by atoms with Gasteiger partial charge in [-0.3, -0.25) is 4.79 Å². The molecular formula is C13H12OS. The topological polar surface area (TPSA) is 17.1 Å². The first kappa shape index (κ1) is 10.3. The van der Waals surface area contributed by atoms with Gasteiger partial charge in [0.1, 0.15) is 5.78 Å². The van der Waals surface area contributed by atoms with Gasteiger partial charge in [0.15, 0.2) is 0 Å². The summed E-state index contributed by atoms with van der Waals surface area (Å²) in [7, 11) is 0. The molecule has 0 bridgehead atoms. The fourth-order valence-corrected chi connectivity index (χ4v) is 1.90. The Morgan fingerprint density at radius 1 is 1.27 bits per heavy atom. The molecule has 0 saturated heterocycles. The maximum Gasteiger partial charge on any atom is 0.137 e. The van der Waals surface area contributed by atoms with E-state index in [0.717, 1.165) is 12.0 Å². The van der Waals surface area contributed by atoms with Crippen molar-refractivity contribution in [1.29, 1.82) is 0 Å². The van der Waals surface area contributed by atoms with Crippen LogP contribution >= 0.6 is 12.6 Å². The third kappa shape index (κ3) is 2.43. The maximum absolute atomic E-state index is 11.2. The summed E-state index contributed by atoms with van der Waals surface area (Å²) < 4.78 is 0. The van der Waals surface area contributed by atoms with Gasteiger partial charge in [-0.25, -0.2) is 0 Å². The molecule has 15 heavy (non-hydrogen) atoms. The summed E-state index contributed by atoms with van der Waals surface area (Å²) in [5.74, 6) is 6.89. The minimum Gasteiger partial charge on any atom is -0.299 e. The number of hydrogen-bond acceptors (Lipinski definition) is 2. The van der Waals surface area contributed by atoms with Crippen LogP contribution in [0, 0.1) is 11.8 Å². The van der Waals surface area contributed by atoms with E-state index in [9.17, 15) is 4.79 Å². The lowest BCUT2D eigenvalue weighted by molar-refractivity contribution is -0.118. The average Bonchev–Trinajstić information content (AvgIpc) is 2.26. The van der Waals surface area contributed by atoms with Gasteiger partial charge in [-0.05, 0) is 29.7 Å². The number of thiol groups is 1. The molecule has 0 spiro atoms. The standard InChI is InChI=1S/C13H12OS/c14-13-6-5-11-8-10(2-1-7-15)3-4-12(11)9-13/h3-4,8,15H,5-7,9H2. The zero-order valence-corrected chi connectivity index (χ0v) is 9.31. The van der Waals surface area contributed by atoms with E-state index in [1.165, 1.54) is 11.1 Å². The summed E-state index contributed by atoms with van der Waals surface area (Å²) in [6.45, 7) is 0. The quantitative estimate of drug-likeness (QED) is 0.518. The predicted molar refractivity (Wildman–Crippen MR) is 64.2 cm³/mol. The van der Waals surface area contributed by atoms with Crippen LogP contribution in [0.15, 0.2) is 18.2 Å². The van der Waals surface area contributed by atoms with Gasteiger partial charge in [-0.2, -0.15) is 12.6 Å². The highest BCUT2D eigenvalue weighted by Gasteiger charge is 2.14. The van der Waals surface area contributed by atoms with Gasteiger partial charge in [0, 0.05) is 18.4 Å². The highest BCUT2D eigenvalue weighted by atomic mass is 32.1. The zero-order valence-electron chi connectivity index (χ0n) is 8.42. The summed E-state index contributed by atoms with van der Waals surface area (Å²) in [5, 5.41) is 0. The van der Waals surface area contributed by atoms with Crippen LogP contribution in [0.2, 0.25) is 0 Å². The maximum atomic E-state index is 11.2. The highest BCUT2D eigenvalue weighted by Crippen LogP contribution is 2.20. The van der Waals surface area contributed by atoms with Crippen molar-refractivity contribution in [3.05, 3.63) is 34.9 Å². The van der Waals surface area contributed by atoms with Gasteiger partial charge >= 0.3 is 0 Å². The van der Waals surface area contributed by atoms with Crippen LogP contribution in [0.5, 0.6) is 0 Å². The Morgan fingerprint density at radius 3 is 2.93 bits per heavy atom. The molecule has 0 aliphatic heterocycles. The number of ketones is 1. The Bertz CT molecular complexity index is 451. The lowest BCUT2D eigenvalue weighted by atomic mass is 9.90. The van der Waals surface area contributed by atoms with Crippen LogP contribution in [0.25, 0.3) is 0 Å². The van der Waals surface area contributed by atoms with Crippen molar-refractivity contribution in [3.63, 3.8) is 0 Å². The number of aryl methyl sites for hydroxylation is 1. The summed E-state index contributed by atoms with van der Waals surface area (Å²) in [5.41, 5.74) is 3.47. The normalized spacial score (nSPS) is 14.1. The van der Waals surface area contributed by atoms with E-state index in [-0.39, 0.29) is 0 Å². The predicted octanol–water partition coefficient (Wildman–Crippen LogP) is 2.03. The molecule has 1 nitrogen and oxygen atoms in total. The van der Waals surface area contributed by atoms with Gasteiger partial charge < -0.3 is 0 Å². The Kier molecular flexibility index (Phi) is 3.13. The number of fused-ring (bicyclic) bond motifs is 1. The number of benzene rings is 1. The number of hydrogen-bond donors (Lipinski definition) is 1. The molecule has 0 saturated carbocycles. The largest absolute Gasteiger partial charge is 0.299 e. The molecular weight excluding hydrogens is 204 g/mol. The van der Waals surface area contributed by atoms with Crippen LogP contribution in [-0.2, 0) is 17.6 Å². The van der Waals surface area contributed by atoms with E-state index < -0.39 is 0 Å². The lowest BCUT2D eigenvalue weighted by Crippen LogP contribution is -2.13. The molecule has 2 rings (SSSR count). The molecule has 1 aromatic rings. The minimum atomic E-state index is 0.344. The average molecular weight is 216 g/mol. The molecule has 0 unspecified atom stereocenters. The summed E-state index contributed by atoms with van der Waals surface area (Å²) in [4.78, 5) is 11.2. The molecule has 0 atom stereocenters. The second kappa shape index (κ2) is 4.55. The molecule has 0 fully saturated rings. The molecule has 76 valence electrons. The number of Topliss-reactive ketones (excluding diaryl/α,β-unsaturated/α-hetero) is 1. The molecule has 1 aromatic carbocycles. The summed E-state index contributed by atoms with van der Waals surface area (Å²) in [6.07, 6.45) is 2.14. The summed E-state index contributed by atoms with van der Waals surface area (Å²) in [6, 6.07) is 6.10. The Balaban J connectivity index is 2.30. The first-order chi connectivity index (χ1) is 7.29. The van der Waals surface area contributed by atoms with Gasteiger partial charge in [0.25, 0.3) is 0 Å². The van der Waals surface area contributed by atoms with Crippen molar-refractivity contribution in [1.82, 2.24) is 0 Å². The van der Waals surface area contributed by atoms with Gasteiger partial charge in [0.2, 0.25) is 0 Å². The van der Waals surface area contributed by atoms with Crippen LogP contribution in [0.4, 0.5) is 0 Å². The van der Waals surface area contributed by atoms with Crippen LogP contribution in [-0.4, -0.2) is 11.5 Å². The van der Waals surface area contributed by atoms with Crippen LogP contribution in [0.3, 0.4) is 0 Å². The third-order valence-corrected chi connectivity index (χ3v) is 2.74. The van der Waals surface area contributed by atoms with E-state index in [1.54, 1.807) is 0 Å². The van der Waals surface area contributed by atoms with Crippen molar-refractivity contribution in [3.8, 4) is 11.8 Å². The molecule has 0 radical (unpaired) electrons. The van der Waals surface area contributed by atoms with Crippen molar-refractivity contribution in [2.24, 2.45) is 0 Å². The monoisotopic (exact) mass is 216 g/mol. The van der Waals surface area contributed by atoms with Crippen molar-refractivity contribution >= 4 is 18.4 Å². The first-order valence-electron chi connectivity index (χ1n) is 5.03. The molecule has 1 aliphatic rings. The second-order valence-corrected chi connectivity index (χ2v) is 3.98. The molecule has 0 N–H and O–H groups in total. The van der Waals surface area contributed by atoms with E-state index >= 15 is 0 Å². The van der Waals surface area contributed by atoms with Crippen LogP contribution < -0.4 is 0 Å². The second-order valence-electron chi connectivity index (χ2n) is 3.66. The first-order valence-corrected chi connectivity index (χ1v) is 5.66. The van der Waals surface area contributed by atoms with Crippen molar-refractivity contribution in [2.45, 2.75) is 19.3 Å². The Morgan fingerprint density at radius 2 is 2.13 bits per heavy atom. The number of carbonyl (C=O) groups is 1. The number of rotatable bonds is 0. The SMILES string of the molecule is O=C1CCc2cc(C#CCS)ccc2C1. The van der Waals surface area contributed by atoms with Crippen molar-refractivity contribution in [2.75, 3.05) is 5.75 Å². The van der Waals surface area contributed by atoms with Gasteiger partial charge in [0.05, 0.1) is 5.75 Å². The Hall–Kier alpha value is -1.20. The highest BCUT2D eigenvalue weighted by molar-refractivity contribution is 7.80. The molecule has 0 aromatic heterocycles.